The Balaban J connectivity index is 2.02. The van der Waals surface area contributed by atoms with Crippen LogP contribution in [0.2, 0.25) is 5.02 Å². The van der Waals surface area contributed by atoms with Crippen molar-refractivity contribution < 1.29 is 27.6 Å². The van der Waals surface area contributed by atoms with Crippen LogP contribution in [0.25, 0.3) is 0 Å². The van der Waals surface area contributed by atoms with Crippen molar-refractivity contribution in [2.24, 2.45) is 0 Å². The summed E-state index contributed by atoms with van der Waals surface area (Å²) in [5.74, 6) is -0.453. The third-order valence-electron chi connectivity index (χ3n) is 3.95. The molecule has 2 aromatic carbocycles. The van der Waals surface area contributed by atoms with Gasteiger partial charge < -0.3 is 14.8 Å². The molecule has 0 aliphatic heterocycles. The van der Waals surface area contributed by atoms with E-state index in [2.05, 4.69) is 10.0 Å². The first-order valence-corrected chi connectivity index (χ1v) is 10.5. The van der Waals surface area contributed by atoms with Gasteiger partial charge in [0.2, 0.25) is 10.0 Å². The van der Waals surface area contributed by atoms with Crippen molar-refractivity contribution >= 4 is 38.9 Å². The van der Waals surface area contributed by atoms with Gasteiger partial charge >= 0.3 is 0 Å². The van der Waals surface area contributed by atoms with Crippen LogP contribution in [0.3, 0.4) is 0 Å². The summed E-state index contributed by atoms with van der Waals surface area (Å²) in [6.07, 6.45) is 0. The Morgan fingerprint density at radius 2 is 2.00 bits per heavy atom. The van der Waals surface area contributed by atoms with E-state index in [1.54, 1.807) is 0 Å². The van der Waals surface area contributed by atoms with Crippen LogP contribution < -0.4 is 14.8 Å². The minimum atomic E-state index is -3.76. The highest BCUT2D eigenvalue weighted by molar-refractivity contribution is 7.89. The lowest BCUT2D eigenvalue weighted by Gasteiger charge is -2.12. The zero-order chi connectivity index (χ0) is 22.3. The van der Waals surface area contributed by atoms with E-state index in [1.807, 2.05) is 0 Å². The van der Waals surface area contributed by atoms with Gasteiger partial charge in [-0.05, 0) is 31.2 Å². The Hall–Kier alpha value is -2.73. The van der Waals surface area contributed by atoms with E-state index in [0.29, 0.717) is 5.56 Å². The number of rotatable bonds is 10. The van der Waals surface area contributed by atoms with E-state index in [0.717, 1.165) is 0 Å². The van der Waals surface area contributed by atoms with Gasteiger partial charge in [-0.3, -0.25) is 14.9 Å². The lowest BCUT2D eigenvalue weighted by molar-refractivity contribution is -0.385. The van der Waals surface area contributed by atoms with Crippen LogP contribution in [0.1, 0.15) is 5.56 Å². The van der Waals surface area contributed by atoms with Crippen LogP contribution in [-0.2, 0) is 19.6 Å². The third kappa shape index (κ3) is 6.13. The molecule has 0 aliphatic carbocycles. The Bertz CT molecular complexity index is 1040. The zero-order valence-corrected chi connectivity index (χ0v) is 17.7. The molecule has 162 valence electrons. The second-order valence-corrected chi connectivity index (χ2v) is 8.20. The van der Waals surface area contributed by atoms with Crippen LogP contribution in [0.4, 0.5) is 11.4 Å². The summed E-state index contributed by atoms with van der Waals surface area (Å²) >= 11 is 6.07. The Morgan fingerprint density at radius 3 is 2.63 bits per heavy atom. The van der Waals surface area contributed by atoms with Crippen molar-refractivity contribution in [1.29, 1.82) is 0 Å². The van der Waals surface area contributed by atoms with Crippen molar-refractivity contribution in [2.75, 3.05) is 32.2 Å². The fourth-order valence-corrected chi connectivity index (χ4v) is 3.75. The molecular formula is C18H20ClN3O7S. The Labute approximate surface area is 178 Å². The molecule has 0 saturated heterocycles. The maximum atomic E-state index is 12.2. The molecule has 0 spiro atoms. The predicted octanol–water partition coefficient (Wildman–Crippen LogP) is 2.50. The van der Waals surface area contributed by atoms with Crippen molar-refractivity contribution in [1.82, 2.24) is 4.72 Å². The molecule has 0 unspecified atom stereocenters. The molecule has 12 heteroatoms. The molecule has 0 fully saturated rings. The van der Waals surface area contributed by atoms with Crippen LogP contribution in [0.15, 0.2) is 41.3 Å². The summed E-state index contributed by atoms with van der Waals surface area (Å²) in [7, 11) is -2.31. The predicted molar refractivity (Wildman–Crippen MR) is 110 cm³/mol. The van der Waals surface area contributed by atoms with Crippen LogP contribution in [0, 0.1) is 17.0 Å². The summed E-state index contributed by atoms with van der Waals surface area (Å²) in [4.78, 5) is 22.5. The highest BCUT2D eigenvalue weighted by Crippen LogP contribution is 2.28. The number of hydrogen-bond donors (Lipinski definition) is 2. The topological polar surface area (TPSA) is 137 Å². The van der Waals surface area contributed by atoms with Gasteiger partial charge in [-0.25, -0.2) is 13.1 Å². The van der Waals surface area contributed by atoms with Crippen LogP contribution in [-0.4, -0.2) is 46.1 Å². The van der Waals surface area contributed by atoms with E-state index in [9.17, 15) is 23.3 Å². The van der Waals surface area contributed by atoms with Gasteiger partial charge in [-0.2, -0.15) is 0 Å². The molecule has 2 N–H and O–H groups in total. The number of nitro benzene ring substituents is 1. The smallest absolute Gasteiger partial charge is 0.274 e. The average molecular weight is 458 g/mol. The van der Waals surface area contributed by atoms with Crippen LogP contribution in [0.5, 0.6) is 5.75 Å². The molecule has 0 heterocycles. The summed E-state index contributed by atoms with van der Waals surface area (Å²) in [5, 5.41) is 13.5. The molecule has 0 aliphatic rings. The molecule has 2 aromatic rings. The highest BCUT2D eigenvalue weighted by atomic mass is 35.5. The number of halogens is 1. The van der Waals surface area contributed by atoms with Gasteiger partial charge in [-0.15, -0.1) is 0 Å². The number of hydrogen-bond acceptors (Lipinski definition) is 7. The van der Waals surface area contributed by atoms with E-state index < -0.39 is 27.5 Å². The molecule has 0 bridgehead atoms. The van der Waals surface area contributed by atoms with E-state index in [-0.39, 0.29) is 40.2 Å². The average Bonchev–Trinajstić information content (AvgIpc) is 2.68. The number of benzene rings is 2. The van der Waals surface area contributed by atoms with Crippen molar-refractivity contribution in [2.45, 2.75) is 11.8 Å². The normalized spacial score (nSPS) is 11.2. The monoisotopic (exact) mass is 457 g/mol. The summed E-state index contributed by atoms with van der Waals surface area (Å²) < 4.78 is 36.8. The number of nitrogens with zero attached hydrogens (tertiary/aromatic N) is 1. The molecular weight excluding hydrogens is 438 g/mol. The standard InChI is InChI=1S/C18H20ClN3O7S/c1-12-15(4-3-5-16(12)22(24)25)21-18(23)11-29-17-7-6-13(10-14(17)19)30(26,27)20-8-9-28-2/h3-7,10,20H,8-9,11H2,1-2H3,(H,21,23). The van der Waals surface area contributed by atoms with Crippen LogP contribution >= 0.6 is 11.6 Å². The minimum Gasteiger partial charge on any atom is -0.482 e. The van der Waals surface area contributed by atoms with Gasteiger partial charge in [0.15, 0.2) is 6.61 Å². The number of sulfonamides is 1. The second-order valence-electron chi connectivity index (χ2n) is 6.03. The molecule has 0 aromatic heterocycles. The van der Waals surface area contributed by atoms with Crippen molar-refractivity contribution in [3.63, 3.8) is 0 Å². The van der Waals surface area contributed by atoms with Gasteiger partial charge in [0.25, 0.3) is 11.6 Å². The summed E-state index contributed by atoms with van der Waals surface area (Å²) in [5.41, 5.74) is 0.476. The zero-order valence-electron chi connectivity index (χ0n) is 16.2. The van der Waals surface area contributed by atoms with E-state index in [1.165, 1.54) is 50.4 Å². The van der Waals surface area contributed by atoms with Gasteiger partial charge in [0.1, 0.15) is 5.75 Å². The van der Waals surface area contributed by atoms with E-state index in [4.69, 9.17) is 21.1 Å². The number of methoxy groups -OCH3 is 1. The fourth-order valence-electron chi connectivity index (χ4n) is 2.41. The van der Waals surface area contributed by atoms with E-state index >= 15 is 0 Å². The number of carbonyl (C=O) groups excluding carboxylic acids is 1. The lowest BCUT2D eigenvalue weighted by Crippen LogP contribution is -2.27. The Kier molecular flexibility index (Phi) is 8.12. The summed E-state index contributed by atoms with van der Waals surface area (Å²) in [6, 6.07) is 8.15. The first-order chi connectivity index (χ1) is 14.2. The molecule has 0 radical (unpaired) electrons. The SMILES string of the molecule is COCCNS(=O)(=O)c1ccc(OCC(=O)Nc2cccc([N+](=O)[O-])c2C)c(Cl)c1. The quantitative estimate of drug-likeness (QED) is 0.317. The lowest BCUT2D eigenvalue weighted by atomic mass is 10.1. The molecule has 1 amide bonds. The number of anilines is 1. The molecule has 0 saturated carbocycles. The maximum Gasteiger partial charge on any atom is 0.274 e. The third-order valence-corrected chi connectivity index (χ3v) is 5.70. The molecule has 30 heavy (non-hydrogen) atoms. The fraction of sp³-hybridized carbons (Fsp3) is 0.278. The first kappa shape index (κ1) is 23.5. The second kappa shape index (κ2) is 10.3. The number of amides is 1. The van der Waals surface area contributed by atoms with Crippen molar-refractivity contribution in [3.05, 3.63) is 57.1 Å². The molecule has 0 atom stereocenters. The minimum absolute atomic E-state index is 0.00365. The highest BCUT2D eigenvalue weighted by Gasteiger charge is 2.17. The van der Waals surface area contributed by atoms with Gasteiger partial charge in [-0.1, -0.05) is 17.7 Å². The number of nitro groups is 1. The number of ether oxygens (including phenoxy) is 2. The molecule has 10 nitrogen and oxygen atoms in total. The largest absolute Gasteiger partial charge is 0.482 e. The van der Waals surface area contributed by atoms with Gasteiger partial charge in [0.05, 0.1) is 32.7 Å². The number of carbonyl (C=O) groups is 1. The summed E-state index contributed by atoms with van der Waals surface area (Å²) in [6.45, 7) is 1.41. The first-order valence-electron chi connectivity index (χ1n) is 8.60. The Morgan fingerprint density at radius 1 is 1.27 bits per heavy atom. The number of nitrogens with one attached hydrogen (secondary N) is 2. The van der Waals surface area contributed by atoms with Gasteiger partial charge in [0, 0.05) is 19.7 Å². The van der Waals surface area contributed by atoms with Crippen molar-refractivity contribution in [3.8, 4) is 5.75 Å². The maximum absolute atomic E-state index is 12.2. The molecule has 2 rings (SSSR count).